The number of hydrogen-bond acceptors (Lipinski definition) is 5. The number of carbonyl (C=O) groups is 2. The van der Waals surface area contributed by atoms with Crippen LogP contribution in [0.2, 0.25) is 0 Å². The lowest BCUT2D eigenvalue weighted by Crippen LogP contribution is -2.43. The predicted molar refractivity (Wildman–Crippen MR) is 138 cm³/mol. The molecule has 0 aromatic heterocycles. The fourth-order valence-corrected chi connectivity index (χ4v) is 4.75. The molecule has 36 heavy (non-hydrogen) atoms. The van der Waals surface area contributed by atoms with Crippen LogP contribution in [0, 0.1) is 0 Å². The van der Waals surface area contributed by atoms with Crippen molar-refractivity contribution in [2.45, 2.75) is 31.8 Å². The van der Waals surface area contributed by atoms with Gasteiger partial charge in [0.1, 0.15) is 18.4 Å². The molecule has 3 aromatic rings. The van der Waals surface area contributed by atoms with Crippen LogP contribution in [-0.2, 0) is 22.5 Å². The molecule has 3 aromatic carbocycles. The Labute approximate surface area is 211 Å². The van der Waals surface area contributed by atoms with Gasteiger partial charge in [-0.15, -0.1) is 0 Å². The van der Waals surface area contributed by atoms with Gasteiger partial charge in [0.05, 0.1) is 6.61 Å². The highest BCUT2D eigenvalue weighted by Gasteiger charge is 2.30. The summed E-state index contributed by atoms with van der Waals surface area (Å²) < 4.78 is 11.3. The molecule has 0 aliphatic heterocycles. The molecule has 188 valence electrons. The van der Waals surface area contributed by atoms with Gasteiger partial charge in [0.25, 0.3) is 0 Å². The Kier molecular flexibility index (Phi) is 7.90. The third-order valence-corrected chi connectivity index (χ3v) is 6.28. The molecule has 7 nitrogen and oxygen atoms in total. The number of carboxylic acid groups (broad SMARTS) is 1. The largest absolute Gasteiger partial charge is 0.494 e. The monoisotopic (exact) mass is 488 g/mol. The maximum atomic E-state index is 12.7. The number of ether oxygens (including phenoxy) is 2. The van der Waals surface area contributed by atoms with Gasteiger partial charge in [-0.1, -0.05) is 60.7 Å². The second-order valence-electron chi connectivity index (χ2n) is 9.18. The smallest absolute Gasteiger partial charge is 0.407 e. The van der Waals surface area contributed by atoms with E-state index in [0.717, 1.165) is 33.4 Å². The number of amides is 1. The molecule has 1 unspecified atom stereocenters. The van der Waals surface area contributed by atoms with Gasteiger partial charge >= 0.3 is 12.1 Å². The van der Waals surface area contributed by atoms with Gasteiger partial charge in [-0.25, -0.2) is 9.59 Å². The quantitative estimate of drug-likeness (QED) is 0.431. The fourth-order valence-electron chi connectivity index (χ4n) is 4.75. The number of hydrogen-bond donors (Lipinski definition) is 2. The Morgan fingerprint density at radius 1 is 1.00 bits per heavy atom. The molecular weight excluding hydrogens is 456 g/mol. The number of carbonyl (C=O) groups excluding carboxylic acids is 1. The highest BCUT2D eigenvalue weighted by Crippen LogP contribution is 2.44. The maximum Gasteiger partial charge on any atom is 0.407 e. The van der Waals surface area contributed by atoms with E-state index in [4.69, 9.17) is 9.47 Å². The zero-order valence-electron chi connectivity index (χ0n) is 20.9. The van der Waals surface area contributed by atoms with E-state index in [1.165, 1.54) is 0 Å². The van der Waals surface area contributed by atoms with Crippen molar-refractivity contribution < 1.29 is 24.2 Å². The van der Waals surface area contributed by atoms with Crippen LogP contribution in [0.5, 0.6) is 5.75 Å². The average Bonchev–Trinajstić information content (AvgIpc) is 3.17. The highest BCUT2D eigenvalue weighted by molar-refractivity contribution is 5.81. The third-order valence-electron chi connectivity index (χ3n) is 6.28. The molecule has 0 heterocycles. The Bertz CT molecular complexity index is 1190. The van der Waals surface area contributed by atoms with Crippen molar-refractivity contribution >= 4 is 12.1 Å². The highest BCUT2D eigenvalue weighted by atomic mass is 16.5. The Balaban J connectivity index is 1.46. The van der Waals surface area contributed by atoms with E-state index < -0.39 is 18.1 Å². The zero-order chi connectivity index (χ0) is 25.7. The second kappa shape index (κ2) is 11.3. The summed E-state index contributed by atoms with van der Waals surface area (Å²) in [5.41, 5.74) is 6.21. The average molecular weight is 489 g/mol. The van der Waals surface area contributed by atoms with Crippen molar-refractivity contribution in [2.75, 3.05) is 27.3 Å². The van der Waals surface area contributed by atoms with E-state index in [1.807, 2.05) is 80.5 Å². The van der Waals surface area contributed by atoms with E-state index in [2.05, 4.69) is 17.4 Å². The first kappa shape index (κ1) is 25.3. The van der Waals surface area contributed by atoms with Crippen LogP contribution < -0.4 is 10.1 Å². The molecule has 4 rings (SSSR count). The van der Waals surface area contributed by atoms with Crippen molar-refractivity contribution in [1.82, 2.24) is 10.2 Å². The minimum atomic E-state index is -1.16. The normalized spacial score (nSPS) is 13.1. The number of aliphatic carboxylic acids is 1. The van der Waals surface area contributed by atoms with Crippen LogP contribution in [0.25, 0.3) is 11.1 Å². The number of fused-ring (bicyclic) bond motifs is 3. The molecule has 0 fully saturated rings. The second-order valence-corrected chi connectivity index (χ2v) is 9.18. The predicted octanol–water partition coefficient (Wildman–Crippen LogP) is 4.68. The van der Waals surface area contributed by atoms with Crippen molar-refractivity contribution in [3.05, 3.63) is 89.0 Å². The van der Waals surface area contributed by atoms with Crippen molar-refractivity contribution in [2.24, 2.45) is 0 Å². The number of rotatable bonds is 10. The van der Waals surface area contributed by atoms with Crippen LogP contribution in [-0.4, -0.2) is 55.4 Å². The van der Waals surface area contributed by atoms with Crippen LogP contribution in [0.15, 0.2) is 66.7 Å². The minimum Gasteiger partial charge on any atom is -0.494 e. The fraction of sp³-hybridized carbons (Fsp3) is 0.310. The van der Waals surface area contributed by atoms with Crippen molar-refractivity contribution in [3.8, 4) is 16.9 Å². The van der Waals surface area contributed by atoms with E-state index in [1.54, 1.807) is 0 Å². The minimum absolute atomic E-state index is 0.0795. The van der Waals surface area contributed by atoms with Gasteiger partial charge in [0.15, 0.2) is 0 Å². The van der Waals surface area contributed by atoms with Crippen LogP contribution in [0.3, 0.4) is 0 Å². The summed E-state index contributed by atoms with van der Waals surface area (Å²) in [7, 11) is 3.93. The lowest BCUT2D eigenvalue weighted by atomic mass is 9.98. The topological polar surface area (TPSA) is 88.1 Å². The number of carboxylic acids is 1. The van der Waals surface area contributed by atoms with Crippen LogP contribution in [0.4, 0.5) is 4.79 Å². The SMILES string of the molecule is CCOc1ccc(CN(C)C)cc1CC(NC(=O)OCC1c2ccccc2-c2ccccc21)C(=O)O. The number of alkyl carbamates (subject to hydrolysis) is 1. The zero-order valence-corrected chi connectivity index (χ0v) is 20.9. The van der Waals surface area contributed by atoms with Gasteiger partial charge in [0, 0.05) is 18.9 Å². The molecule has 2 N–H and O–H groups in total. The number of benzene rings is 3. The first-order valence-electron chi connectivity index (χ1n) is 12.1. The summed E-state index contributed by atoms with van der Waals surface area (Å²) in [5, 5.41) is 12.4. The number of nitrogens with one attached hydrogen (secondary N) is 1. The van der Waals surface area contributed by atoms with E-state index in [9.17, 15) is 14.7 Å². The van der Waals surface area contributed by atoms with Gasteiger partial charge in [-0.05, 0) is 60.5 Å². The summed E-state index contributed by atoms with van der Waals surface area (Å²) in [6.07, 6.45) is -0.678. The lowest BCUT2D eigenvalue weighted by Gasteiger charge is -2.19. The molecule has 0 spiro atoms. The summed E-state index contributed by atoms with van der Waals surface area (Å²) >= 11 is 0. The van der Waals surface area contributed by atoms with E-state index in [-0.39, 0.29) is 18.9 Å². The van der Waals surface area contributed by atoms with Crippen molar-refractivity contribution in [1.29, 1.82) is 0 Å². The third kappa shape index (κ3) is 5.69. The van der Waals surface area contributed by atoms with Gasteiger partial charge in [0.2, 0.25) is 0 Å². The number of nitrogens with zero attached hydrogens (tertiary/aromatic N) is 1. The van der Waals surface area contributed by atoms with E-state index >= 15 is 0 Å². The summed E-state index contributed by atoms with van der Waals surface area (Å²) in [6.45, 7) is 3.16. The Morgan fingerprint density at radius 3 is 2.22 bits per heavy atom. The molecule has 0 saturated heterocycles. The molecule has 1 aliphatic carbocycles. The van der Waals surface area contributed by atoms with Gasteiger partial charge in [-0.3, -0.25) is 0 Å². The molecule has 0 radical (unpaired) electrons. The molecule has 1 aliphatic rings. The molecule has 0 saturated carbocycles. The van der Waals surface area contributed by atoms with Crippen LogP contribution in [0.1, 0.15) is 35.1 Å². The molecule has 7 heteroatoms. The summed E-state index contributed by atoms with van der Waals surface area (Å²) in [5.74, 6) is -0.622. The van der Waals surface area contributed by atoms with Crippen molar-refractivity contribution in [3.63, 3.8) is 0 Å². The standard InChI is InChI=1S/C29H32N2O5/c1-4-35-27-14-13-19(17-31(2)3)15-20(27)16-26(28(32)33)30-29(34)36-18-25-23-11-7-5-9-21(23)22-10-6-8-12-24(22)25/h5-15,25-26H,4,16-18H2,1-3H3,(H,30,34)(H,32,33). The first-order valence-corrected chi connectivity index (χ1v) is 12.1. The van der Waals surface area contributed by atoms with Crippen LogP contribution >= 0.6 is 0 Å². The molecule has 1 amide bonds. The van der Waals surface area contributed by atoms with E-state index in [0.29, 0.717) is 18.9 Å². The molecule has 0 bridgehead atoms. The molecular formula is C29H32N2O5. The lowest BCUT2D eigenvalue weighted by molar-refractivity contribution is -0.139. The Hall–Kier alpha value is -3.84. The summed E-state index contributed by atoms with van der Waals surface area (Å²) in [6, 6.07) is 20.7. The Morgan fingerprint density at radius 2 is 1.64 bits per heavy atom. The van der Waals surface area contributed by atoms with Gasteiger partial charge < -0.3 is 24.8 Å². The molecule has 1 atom stereocenters. The first-order chi connectivity index (χ1) is 17.4. The van der Waals surface area contributed by atoms with Gasteiger partial charge in [-0.2, -0.15) is 0 Å². The maximum absolute atomic E-state index is 12.7. The summed E-state index contributed by atoms with van der Waals surface area (Å²) in [4.78, 5) is 26.8.